The number of nitrogens with zero attached hydrogens (tertiary/aromatic N) is 2. The Morgan fingerprint density at radius 1 is 1.12 bits per heavy atom. The molecule has 0 amide bonds. The molecule has 80 valence electrons. The number of aromatic nitrogens is 1. The first-order valence-corrected chi connectivity index (χ1v) is 5.13. The van der Waals surface area contributed by atoms with Crippen molar-refractivity contribution in [3.63, 3.8) is 0 Å². The van der Waals surface area contributed by atoms with Gasteiger partial charge in [0.1, 0.15) is 0 Å². The maximum absolute atomic E-state index is 5.82. The standard InChI is InChI=1S/C12H10ClN3/c13-11-5-3-9(4-6-11)12(16-14)10-2-1-7-15-8-10/h1-8H,14H2/b16-12-. The zero-order chi connectivity index (χ0) is 11.4. The van der Waals surface area contributed by atoms with Crippen LogP contribution in [0.2, 0.25) is 5.02 Å². The fourth-order valence-electron chi connectivity index (χ4n) is 1.43. The van der Waals surface area contributed by atoms with Crippen LogP contribution in [0.5, 0.6) is 0 Å². The highest BCUT2D eigenvalue weighted by Crippen LogP contribution is 2.13. The van der Waals surface area contributed by atoms with Gasteiger partial charge in [-0.2, -0.15) is 5.10 Å². The molecule has 0 unspecified atom stereocenters. The van der Waals surface area contributed by atoms with Crippen molar-refractivity contribution in [3.05, 3.63) is 64.9 Å². The summed E-state index contributed by atoms with van der Waals surface area (Å²) in [6.45, 7) is 0. The van der Waals surface area contributed by atoms with Crippen LogP contribution in [0.3, 0.4) is 0 Å². The molecule has 1 heterocycles. The van der Waals surface area contributed by atoms with E-state index < -0.39 is 0 Å². The number of pyridine rings is 1. The molecule has 4 heteroatoms. The van der Waals surface area contributed by atoms with Gasteiger partial charge in [0.25, 0.3) is 0 Å². The van der Waals surface area contributed by atoms with E-state index in [1.54, 1.807) is 24.5 Å². The highest BCUT2D eigenvalue weighted by atomic mass is 35.5. The number of halogens is 1. The third-order valence-corrected chi connectivity index (χ3v) is 2.43. The molecular weight excluding hydrogens is 222 g/mol. The van der Waals surface area contributed by atoms with Crippen LogP contribution >= 0.6 is 11.6 Å². The van der Waals surface area contributed by atoms with Gasteiger partial charge in [0, 0.05) is 28.5 Å². The first kappa shape index (κ1) is 10.6. The lowest BCUT2D eigenvalue weighted by Crippen LogP contribution is -2.06. The lowest BCUT2D eigenvalue weighted by molar-refractivity contribution is 1.23. The Morgan fingerprint density at radius 3 is 2.44 bits per heavy atom. The van der Waals surface area contributed by atoms with Crippen molar-refractivity contribution in [2.24, 2.45) is 10.9 Å². The van der Waals surface area contributed by atoms with Gasteiger partial charge in [-0.3, -0.25) is 4.98 Å². The summed E-state index contributed by atoms with van der Waals surface area (Å²) in [6.07, 6.45) is 3.43. The number of benzene rings is 1. The van der Waals surface area contributed by atoms with Gasteiger partial charge in [-0.15, -0.1) is 0 Å². The van der Waals surface area contributed by atoms with E-state index in [-0.39, 0.29) is 0 Å². The largest absolute Gasteiger partial charge is 0.323 e. The van der Waals surface area contributed by atoms with Gasteiger partial charge < -0.3 is 5.84 Å². The molecule has 0 aliphatic rings. The lowest BCUT2D eigenvalue weighted by atomic mass is 10.0. The summed E-state index contributed by atoms with van der Waals surface area (Å²) in [6, 6.07) is 11.1. The number of hydrogen-bond acceptors (Lipinski definition) is 3. The molecule has 0 saturated carbocycles. The van der Waals surface area contributed by atoms with E-state index in [4.69, 9.17) is 17.4 Å². The molecule has 0 fully saturated rings. The normalized spacial score (nSPS) is 11.4. The summed E-state index contributed by atoms with van der Waals surface area (Å²) in [7, 11) is 0. The Hall–Kier alpha value is -1.87. The first-order valence-electron chi connectivity index (χ1n) is 4.75. The van der Waals surface area contributed by atoms with Crippen molar-refractivity contribution in [3.8, 4) is 0 Å². The van der Waals surface area contributed by atoms with E-state index >= 15 is 0 Å². The quantitative estimate of drug-likeness (QED) is 0.490. The van der Waals surface area contributed by atoms with E-state index in [1.807, 2.05) is 24.3 Å². The predicted molar refractivity (Wildman–Crippen MR) is 65.5 cm³/mol. The third kappa shape index (κ3) is 2.20. The highest BCUT2D eigenvalue weighted by Gasteiger charge is 2.06. The van der Waals surface area contributed by atoms with E-state index in [9.17, 15) is 0 Å². The second kappa shape index (κ2) is 4.77. The van der Waals surface area contributed by atoms with Crippen LogP contribution in [-0.2, 0) is 0 Å². The van der Waals surface area contributed by atoms with Crippen molar-refractivity contribution in [2.45, 2.75) is 0 Å². The van der Waals surface area contributed by atoms with Gasteiger partial charge >= 0.3 is 0 Å². The summed E-state index contributed by atoms with van der Waals surface area (Å²) in [5.74, 6) is 5.40. The Morgan fingerprint density at radius 2 is 1.88 bits per heavy atom. The van der Waals surface area contributed by atoms with Crippen LogP contribution in [0.4, 0.5) is 0 Å². The molecule has 2 N–H and O–H groups in total. The molecule has 0 aliphatic heterocycles. The van der Waals surface area contributed by atoms with E-state index in [2.05, 4.69) is 10.1 Å². The smallest absolute Gasteiger partial charge is 0.0986 e. The molecule has 1 aromatic carbocycles. The minimum atomic E-state index is 0.686. The van der Waals surface area contributed by atoms with Gasteiger partial charge in [0.15, 0.2) is 0 Å². The van der Waals surface area contributed by atoms with Crippen LogP contribution in [0.25, 0.3) is 0 Å². The topological polar surface area (TPSA) is 51.3 Å². The van der Waals surface area contributed by atoms with Gasteiger partial charge in [0.2, 0.25) is 0 Å². The number of nitrogens with two attached hydrogens (primary N) is 1. The average Bonchev–Trinajstić information content (AvgIpc) is 2.34. The predicted octanol–water partition coefficient (Wildman–Crippen LogP) is 2.45. The van der Waals surface area contributed by atoms with E-state index in [0.717, 1.165) is 11.1 Å². The number of hydrazone groups is 1. The summed E-state index contributed by atoms with van der Waals surface area (Å²) in [4.78, 5) is 4.03. The molecule has 3 nitrogen and oxygen atoms in total. The van der Waals surface area contributed by atoms with Crippen LogP contribution in [0.1, 0.15) is 11.1 Å². The van der Waals surface area contributed by atoms with Gasteiger partial charge in [-0.25, -0.2) is 0 Å². The number of hydrogen-bond donors (Lipinski definition) is 1. The lowest BCUT2D eigenvalue weighted by Gasteiger charge is -2.04. The molecule has 0 radical (unpaired) electrons. The second-order valence-electron chi connectivity index (χ2n) is 3.23. The van der Waals surface area contributed by atoms with Crippen LogP contribution < -0.4 is 5.84 Å². The van der Waals surface area contributed by atoms with Crippen molar-refractivity contribution >= 4 is 17.3 Å². The summed E-state index contributed by atoms with van der Waals surface area (Å²) in [5.41, 5.74) is 2.50. The van der Waals surface area contributed by atoms with Gasteiger partial charge in [-0.1, -0.05) is 23.7 Å². The van der Waals surface area contributed by atoms with Crippen LogP contribution in [0, 0.1) is 0 Å². The highest BCUT2D eigenvalue weighted by molar-refractivity contribution is 6.30. The molecule has 2 aromatic rings. The zero-order valence-electron chi connectivity index (χ0n) is 8.47. The Balaban J connectivity index is 2.42. The Kier molecular flexibility index (Phi) is 3.17. The average molecular weight is 232 g/mol. The molecule has 1 aromatic heterocycles. The molecule has 16 heavy (non-hydrogen) atoms. The van der Waals surface area contributed by atoms with E-state index in [1.165, 1.54) is 0 Å². The molecule has 0 aliphatic carbocycles. The fraction of sp³-hybridized carbons (Fsp3) is 0. The Bertz CT molecular complexity index is 491. The maximum Gasteiger partial charge on any atom is 0.0986 e. The van der Waals surface area contributed by atoms with Crippen molar-refractivity contribution in [1.82, 2.24) is 4.98 Å². The Labute approximate surface area is 98.6 Å². The fourth-order valence-corrected chi connectivity index (χ4v) is 1.55. The monoisotopic (exact) mass is 231 g/mol. The van der Waals surface area contributed by atoms with E-state index in [0.29, 0.717) is 10.7 Å². The molecular formula is C12H10ClN3. The van der Waals surface area contributed by atoms with Gasteiger partial charge in [-0.05, 0) is 24.3 Å². The minimum Gasteiger partial charge on any atom is -0.323 e. The zero-order valence-corrected chi connectivity index (χ0v) is 9.22. The molecule has 0 atom stereocenters. The second-order valence-corrected chi connectivity index (χ2v) is 3.66. The first-order chi connectivity index (χ1) is 7.81. The third-order valence-electron chi connectivity index (χ3n) is 2.18. The molecule has 0 bridgehead atoms. The van der Waals surface area contributed by atoms with Crippen molar-refractivity contribution in [2.75, 3.05) is 0 Å². The van der Waals surface area contributed by atoms with Crippen LogP contribution in [0.15, 0.2) is 53.9 Å². The van der Waals surface area contributed by atoms with Gasteiger partial charge in [0.05, 0.1) is 5.71 Å². The minimum absolute atomic E-state index is 0.686. The summed E-state index contributed by atoms with van der Waals surface area (Å²) in [5, 5.41) is 4.48. The van der Waals surface area contributed by atoms with Crippen LogP contribution in [-0.4, -0.2) is 10.7 Å². The summed E-state index contributed by atoms with van der Waals surface area (Å²) < 4.78 is 0. The van der Waals surface area contributed by atoms with Crippen molar-refractivity contribution in [1.29, 1.82) is 0 Å². The summed E-state index contributed by atoms with van der Waals surface area (Å²) >= 11 is 5.82. The molecule has 0 saturated heterocycles. The molecule has 0 spiro atoms. The molecule has 2 rings (SSSR count). The van der Waals surface area contributed by atoms with Crippen molar-refractivity contribution < 1.29 is 0 Å². The number of rotatable bonds is 2. The maximum atomic E-state index is 5.82. The SMILES string of the molecule is N/N=C(/c1ccc(Cl)cc1)c1cccnc1.